The van der Waals surface area contributed by atoms with Crippen molar-refractivity contribution in [2.45, 2.75) is 6.04 Å². The summed E-state index contributed by atoms with van der Waals surface area (Å²) in [5, 5.41) is 21.2. The van der Waals surface area contributed by atoms with Crippen LogP contribution in [0.4, 0.5) is 11.4 Å². The maximum Gasteiger partial charge on any atom is 0.221 e. The molecule has 7 heteroatoms. The number of azo groups is 1. The quantitative estimate of drug-likeness (QED) is 0.540. The average molecular weight is 378 g/mol. The Morgan fingerprint density at radius 3 is 2.38 bits per heavy atom. The molecule has 3 aromatic rings. The Labute approximate surface area is 153 Å². The van der Waals surface area contributed by atoms with E-state index in [9.17, 15) is 5.11 Å². The van der Waals surface area contributed by atoms with Gasteiger partial charge in [0.25, 0.3) is 0 Å². The number of thioether (sulfide) groups is 1. The van der Waals surface area contributed by atoms with Gasteiger partial charge < -0.3 is 9.67 Å². The topological polar surface area (TPSA) is 49.9 Å². The molecule has 2 heterocycles. The summed E-state index contributed by atoms with van der Waals surface area (Å²) in [7, 11) is 0. The number of nitrogens with zero attached hydrogens (tertiary/aromatic N) is 3. The predicted molar refractivity (Wildman–Crippen MR) is 101 cm³/mol. The van der Waals surface area contributed by atoms with Gasteiger partial charge in [0.05, 0.1) is 17.2 Å². The van der Waals surface area contributed by atoms with Gasteiger partial charge >= 0.3 is 0 Å². The first-order valence-electron chi connectivity index (χ1n) is 7.41. The SMILES string of the molecule is Oc1c(N=Nc2ccc(Cl)cc2)c2cc(Cl)ccc2n1C1CSC1. The number of aromatic hydroxyl groups is 1. The van der Waals surface area contributed by atoms with Gasteiger partial charge in [-0.2, -0.15) is 16.9 Å². The fourth-order valence-electron chi connectivity index (χ4n) is 2.71. The molecular formula is C17H13Cl2N3OS. The Bertz CT molecular complexity index is 933. The molecule has 1 fully saturated rings. The normalized spacial score (nSPS) is 15.2. The summed E-state index contributed by atoms with van der Waals surface area (Å²) in [6.07, 6.45) is 0. The van der Waals surface area contributed by atoms with Crippen molar-refractivity contribution in [1.82, 2.24) is 4.57 Å². The van der Waals surface area contributed by atoms with Gasteiger partial charge in [0.15, 0.2) is 5.69 Å². The van der Waals surface area contributed by atoms with Gasteiger partial charge in [-0.3, -0.25) is 0 Å². The van der Waals surface area contributed by atoms with Gasteiger partial charge in [0, 0.05) is 26.9 Å². The lowest BCUT2D eigenvalue weighted by molar-refractivity contribution is 0.406. The summed E-state index contributed by atoms with van der Waals surface area (Å²) in [6, 6.07) is 12.9. The molecule has 2 aromatic carbocycles. The van der Waals surface area contributed by atoms with Crippen molar-refractivity contribution < 1.29 is 5.11 Å². The second-order valence-electron chi connectivity index (χ2n) is 5.57. The van der Waals surface area contributed by atoms with E-state index in [0.717, 1.165) is 22.4 Å². The van der Waals surface area contributed by atoms with Crippen molar-refractivity contribution in [2.75, 3.05) is 11.5 Å². The van der Waals surface area contributed by atoms with Gasteiger partial charge in [-0.1, -0.05) is 23.2 Å². The molecule has 0 spiro atoms. The smallest absolute Gasteiger partial charge is 0.221 e. The first-order chi connectivity index (χ1) is 11.6. The second-order valence-corrected chi connectivity index (χ2v) is 7.52. The minimum atomic E-state index is 0.135. The highest BCUT2D eigenvalue weighted by molar-refractivity contribution is 8.00. The van der Waals surface area contributed by atoms with Crippen molar-refractivity contribution in [1.29, 1.82) is 0 Å². The first-order valence-corrected chi connectivity index (χ1v) is 9.32. The van der Waals surface area contributed by atoms with E-state index >= 15 is 0 Å². The van der Waals surface area contributed by atoms with Crippen LogP contribution >= 0.6 is 35.0 Å². The highest BCUT2D eigenvalue weighted by Crippen LogP contribution is 2.45. The van der Waals surface area contributed by atoms with Crippen LogP contribution in [0.3, 0.4) is 0 Å². The molecule has 1 aromatic heterocycles. The zero-order valence-corrected chi connectivity index (χ0v) is 14.8. The van der Waals surface area contributed by atoms with Crippen molar-refractivity contribution in [3.8, 4) is 5.88 Å². The number of benzene rings is 2. The Balaban J connectivity index is 1.83. The maximum atomic E-state index is 10.7. The summed E-state index contributed by atoms with van der Waals surface area (Å²) >= 11 is 13.9. The van der Waals surface area contributed by atoms with E-state index in [1.807, 2.05) is 34.5 Å². The van der Waals surface area contributed by atoms with E-state index in [0.29, 0.717) is 21.4 Å². The van der Waals surface area contributed by atoms with Crippen molar-refractivity contribution in [3.63, 3.8) is 0 Å². The zero-order chi connectivity index (χ0) is 16.7. The third-order valence-electron chi connectivity index (χ3n) is 3.99. The standard InChI is InChI=1S/C17H13Cl2N3OS/c18-10-1-4-12(5-2-10)20-21-16-14-7-11(19)3-6-15(14)22(17(16)23)13-8-24-9-13/h1-7,13,23H,8-9H2. The highest BCUT2D eigenvalue weighted by Gasteiger charge is 2.27. The van der Waals surface area contributed by atoms with E-state index < -0.39 is 0 Å². The highest BCUT2D eigenvalue weighted by atomic mass is 35.5. The van der Waals surface area contributed by atoms with E-state index in [1.165, 1.54) is 0 Å². The van der Waals surface area contributed by atoms with Crippen LogP contribution in [0.2, 0.25) is 10.0 Å². The molecule has 122 valence electrons. The lowest BCUT2D eigenvalue weighted by atomic mass is 10.2. The molecule has 0 aliphatic carbocycles. The number of halogens is 2. The Hall–Kier alpha value is -1.69. The Morgan fingerprint density at radius 1 is 1.00 bits per heavy atom. The Kier molecular flexibility index (Phi) is 4.16. The van der Waals surface area contributed by atoms with Gasteiger partial charge in [-0.25, -0.2) is 0 Å². The van der Waals surface area contributed by atoms with Gasteiger partial charge in [0.1, 0.15) is 0 Å². The number of hydrogen-bond donors (Lipinski definition) is 1. The lowest BCUT2D eigenvalue weighted by Crippen LogP contribution is -2.22. The van der Waals surface area contributed by atoms with Gasteiger partial charge in [0.2, 0.25) is 5.88 Å². The van der Waals surface area contributed by atoms with Crippen molar-refractivity contribution in [2.24, 2.45) is 10.2 Å². The van der Waals surface area contributed by atoms with Crippen molar-refractivity contribution in [3.05, 3.63) is 52.5 Å². The third-order valence-corrected chi connectivity index (χ3v) is 5.72. The van der Waals surface area contributed by atoms with E-state index in [2.05, 4.69) is 10.2 Å². The van der Waals surface area contributed by atoms with Crippen LogP contribution in [0.5, 0.6) is 5.88 Å². The van der Waals surface area contributed by atoms with Crippen LogP contribution in [0.25, 0.3) is 10.9 Å². The maximum absolute atomic E-state index is 10.7. The fraction of sp³-hybridized carbons (Fsp3) is 0.176. The first kappa shape index (κ1) is 15.8. The molecule has 0 unspecified atom stereocenters. The molecular weight excluding hydrogens is 365 g/mol. The molecule has 1 saturated heterocycles. The van der Waals surface area contributed by atoms with Crippen LogP contribution < -0.4 is 0 Å². The van der Waals surface area contributed by atoms with E-state index in [-0.39, 0.29) is 11.9 Å². The van der Waals surface area contributed by atoms with Crippen LogP contribution in [0.15, 0.2) is 52.7 Å². The second kappa shape index (κ2) is 6.31. The molecule has 0 amide bonds. The van der Waals surface area contributed by atoms with Gasteiger partial charge in [-0.05, 0) is 42.5 Å². The summed E-state index contributed by atoms with van der Waals surface area (Å²) in [5.41, 5.74) is 2.03. The molecule has 4 rings (SSSR count). The molecule has 0 radical (unpaired) electrons. The third kappa shape index (κ3) is 2.77. The van der Waals surface area contributed by atoms with Crippen LogP contribution in [0.1, 0.15) is 6.04 Å². The van der Waals surface area contributed by atoms with E-state index in [4.69, 9.17) is 23.2 Å². The van der Waals surface area contributed by atoms with Crippen LogP contribution in [0, 0.1) is 0 Å². The summed E-state index contributed by atoms with van der Waals surface area (Å²) in [5.74, 6) is 2.09. The lowest BCUT2D eigenvalue weighted by Gasteiger charge is -2.27. The monoisotopic (exact) mass is 377 g/mol. The summed E-state index contributed by atoms with van der Waals surface area (Å²) in [6.45, 7) is 0. The van der Waals surface area contributed by atoms with Gasteiger partial charge in [-0.15, -0.1) is 5.11 Å². The number of hydrogen-bond acceptors (Lipinski definition) is 4. The number of fused-ring (bicyclic) bond motifs is 1. The van der Waals surface area contributed by atoms with Crippen LogP contribution in [-0.4, -0.2) is 21.2 Å². The predicted octanol–water partition coefficient (Wildman–Crippen LogP) is 6.36. The molecule has 0 bridgehead atoms. The largest absolute Gasteiger partial charge is 0.493 e. The molecule has 0 atom stereocenters. The summed E-state index contributed by atoms with van der Waals surface area (Å²) < 4.78 is 1.93. The number of rotatable bonds is 3. The minimum absolute atomic E-state index is 0.135. The molecule has 24 heavy (non-hydrogen) atoms. The molecule has 0 saturated carbocycles. The molecule has 1 aliphatic rings. The zero-order valence-electron chi connectivity index (χ0n) is 12.5. The molecule has 1 aliphatic heterocycles. The fourth-order valence-corrected chi connectivity index (χ4v) is 3.76. The molecule has 4 nitrogen and oxygen atoms in total. The minimum Gasteiger partial charge on any atom is -0.493 e. The molecule has 1 N–H and O–H groups in total. The van der Waals surface area contributed by atoms with Crippen LogP contribution in [-0.2, 0) is 0 Å². The van der Waals surface area contributed by atoms with E-state index in [1.54, 1.807) is 24.3 Å². The van der Waals surface area contributed by atoms with Crippen molar-refractivity contribution >= 4 is 57.2 Å². The Morgan fingerprint density at radius 2 is 1.71 bits per heavy atom. The number of aromatic nitrogens is 1. The summed E-state index contributed by atoms with van der Waals surface area (Å²) in [4.78, 5) is 0. The average Bonchev–Trinajstić information content (AvgIpc) is 2.78.